The molecule has 0 nitrogen and oxygen atoms in total. The van der Waals surface area contributed by atoms with Crippen molar-refractivity contribution in [3.8, 4) is 11.1 Å². The van der Waals surface area contributed by atoms with Gasteiger partial charge in [-0.25, -0.2) is 0 Å². The standard InChI is InChI=1S/C22H16/c1-2-7-18-13-15-20(22(18)11-3-1)16-14-19-10-6-9-17-8-4-5-12-21(17)19/h1-16H/b16-14+. The zero-order chi connectivity index (χ0) is 14.8. The molecule has 0 heterocycles. The fraction of sp³-hybridized carbons (Fsp3) is 0. The zero-order valence-corrected chi connectivity index (χ0v) is 12.2. The first-order valence-electron chi connectivity index (χ1n) is 7.55. The average molecular weight is 280 g/mol. The molecule has 0 saturated carbocycles. The van der Waals surface area contributed by atoms with Crippen LogP contribution in [0.4, 0.5) is 0 Å². The number of hydrogen-bond acceptors (Lipinski definition) is 0. The number of hydrogen-bond donors (Lipinski definition) is 0. The summed E-state index contributed by atoms with van der Waals surface area (Å²) >= 11 is 0. The Morgan fingerprint density at radius 1 is 0.500 bits per heavy atom. The van der Waals surface area contributed by atoms with Crippen molar-refractivity contribution in [2.75, 3.05) is 0 Å². The maximum Gasteiger partial charge on any atom is -0.0111 e. The maximum atomic E-state index is 2.21. The Labute approximate surface area is 130 Å². The Kier molecular flexibility index (Phi) is 3.21. The molecule has 2 aliphatic rings. The van der Waals surface area contributed by atoms with E-state index >= 15 is 0 Å². The van der Waals surface area contributed by atoms with Crippen molar-refractivity contribution in [3.63, 3.8) is 0 Å². The van der Waals surface area contributed by atoms with Gasteiger partial charge in [-0.15, -0.1) is 0 Å². The molecule has 0 saturated heterocycles. The molecule has 0 radical (unpaired) electrons. The largest absolute Gasteiger partial charge is 0.0622 e. The van der Waals surface area contributed by atoms with E-state index in [1.807, 2.05) is 0 Å². The molecule has 22 heavy (non-hydrogen) atoms. The van der Waals surface area contributed by atoms with E-state index in [0.717, 1.165) is 0 Å². The van der Waals surface area contributed by atoms with Crippen LogP contribution in [0.2, 0.25) is 0 Å². The Morgan fingerprint density at radius 3 is 2.27 bits per heavy atom. The molecule has 0 aromatic heterocycles. The summed E-state index contributed by atoms with van der Waals surface area (Å²) in [4.78, 5) is 0. The van der Waals surface area contributed by atoms with Gasteiger partial charge in [0.25, 0.3) is 0 Å². The molecule has 0 unspecified atom stereocenters. The summed E-state index contributed by atoms with van der Waals surface area (Å²) in [6, 6.07) is 29.9. The lowest BCUT2D eigenvalue weighted by molar-refractivity contribution is 1.71. The van der Waals surface area contributed by atoms with Gasteiger partial charge in [0.2, 0.25) is 0 Å². The fourth-order valence-corrected chi connectivity index (χ4v) is 2.96. The molecule has 0 amide bonds. The second-order valence-electron chi connectivity index (χ2n) is 5.47. The predicted molar refractivity (Wildman–Crippen MR) is 95.9 cm³/mol. The van der Waals surface area contributed by atoms with Gasteiger partial charge >= 0.3 is 0 Å². The van der Waals surface area contributed by atoms with Crippen molar-refractivity contribution >= 4 is 22.9 Å². The lowest BCUT2D eigenvalue weighted by Crippen LogP contribution is -1.77. The highest BCUT2D eigenvalue weighted by molar-refractivity contribution is 5.94. The molecule has 2 aliphatic carbocycles. The lowest BCUT2D eigenvalue weighted by atomic mass is 10.0. The van der Waals surface area contributed by atoms with E-state index in [1.54, 1.807) is 0 Å². The van der Waals surface area contributed by atoms with Crippen molar-refractivity contribution < 1.29 is 0 Å². The molecule has 0 fully saturated rings. The molecule has 0 aliphatic heterocycles. The first-order chi connectivity index (χ1) is 10.9. The third-order valence-electron chi connectivity index (χ3n) is 4.09. The third-order valence-corrected chi connectivity index (χ3v) is 4.09. The zero-order valence-electron chi connectivity index (χ0n) is 12.2. The predicted octanol–water partition coefficient (Wildman–Crippen LogP) is 6.12. The molecule has 104 valence electrons. The number of fused-ring (bicyclic) bond motifs is 2. The second kappa shape index (κ2) is 5.50. The normalized spacial score (nSPS) is 11.5. The van der Waals surface area contributed by atoms with Crippen molar-refractivity contribution in [1.29, 1.82) is 0 Å². The second-order valence-corrected chi connectivity index (χ2v) is 5.47. The molecule has 4 rings (SSSR count). The highest BCUT2D eigenvalue weighted by Crippen LogP contribution is 2.29. The minimum atomic E-state index is 1.26. The van der Waals surface area contributed by atoms with Crippen LogP contribution in [0.5, 0.6) is 0 Å². The van der Waals surface area contributed by atoms with Gasteiger partial charge in [0.15, 0.2) is 0 Å². The molecule has 0 N–H and O–H groups in total. The van der Waals surface area contributed by atoms with E-state index in [9.17, 15) is 0 Å². The van der Waals surface area contributed by atoms with Crippen molar-refractivity contribution in [2.45, 2.75) is 0 Å². The van der Waals surface area contributed by atoms with Gasteiger partial charge in [0, 0.05) is 0 Å². The van der Waals surface area contributed by atoms with Gasteiger partial charge in [-0.1, -0.05) is 97.1 Å². The van der Waals surface area contributed by atoms with Crippen LogP contribution in [-0.2, 0) is 0 Å². The van der Waals surface area contributed by atoms with Gasteiger partial charge < -0.3 is 0 Å². The number of rotatable bonds is 2. The average Bonchev–Trinajstić information content (AvgIpc) is 2.79. The molecule has 0 spiro atoms. The Hall–Kier alpha value is -2.86. The van der Waals surface area contributed by atoms with Crippen LogP contribution in [0.1, 0.15) is 11.1 Å². The summed E-state index contributed by atoms with van der Waals surface area (Å²) in [7, 11) is 0. The molecule has 0 bridgehead atoms. The maximum absolute atomic E-state index is 2.21. The Morgan fingerprint density at radius 2 is 1.27 bits per heavy atom. The van der Waals surface area contributed by atoms with Gasteiger partial charge in [-0.3, -0.25) is 0 Å². The van der Waals surface area contributed by atoms with E-state index in [2.05, 4.69) is 97.1 Å². The Bertz CT molecular complexity index is 926. The van der Waals surface area contributed by atoms with E-state index in [4.69, 9.17) is 0 Å². The highest BCUT2D eigenvalue weighted by atomic mass is 14.1. The van der Waals surface area contributed by atoms with Crippen LogP contribution in [0.3, 0.4) is 0 Å². The third kappa shape index (κ3) is 2.29. The topological polar surface area (TPSA) is 0 Å². The van der Waals surface area contributed by atoms with E-state index < -0.39 is 0 Å². The summed E-state index contributed by atoms with van der Waals surface area (Å²) < 4.78 is 0. The molecule has 2 aromatic carbocycles. The summed E-state index contributed by atoms with van der Waals surface area (Å²) in [5.74, 6) is 0. The first-order valence-corrected chi connectivity index (χ1v) is 7.55. The van der Waals surface area contributed by atoms with Crippen molar-refractivity contribution in [2.24, 2.45) is 0 Å². The van der Waals surface area contributed by atoms with E-state index in [1.165, 1.54) is 33.0 Å². The van der Waals surface area contributed by atoms with Crippen LogP contribution in [0.15, 0.2) is 84.9 Å². The van der Waals surface area contributed by atoms with Crippen LogP contribution in [0, 0.1) is 0 Å². The summed E-state index contributed by atoms with van der Waals surface area (Å²) in [6.07, 6.45) is 4.42. The smallest absolute Gasteiger partial charge is 0.0111 e. The van der Waals surface area contributed by atoms with E-state index in [-0.39, 0.29) is 0 Å². The van der Waals surface area contributed by atoms with Gasteiger partial charge in [-0.05, 0) is 33.0 Å². The van der Waals surface area contributed by atoms with Crippen LogP contribution in [0.25, 0.3) is 34.1 Å². The quantitative estimate of drug-likeness (QED) is 0.415. The summed E-state index contributed by atoms with van der Waals surface area (Å²) in [5, 5.41) is 2.58. The van der Waals surface area contributed by atoms with Crippen LogP contribution < -0.4 is 0 Å². The monoisotopic (exact) mass is 280 g/mol. The molecular formula is C22H16. The van der Waals surface area contributed by atoms with Crippen molar-refractivity contribution in [3.05, 3.63) is 96.1 Å². The lowest BCUT2D eigenvalue weighted by Gasteiger charge is -2.02. The minimum Gasteiger partial charge on any atom is -0.0622 e. The number of benzene rings is 2. The molecule has 0 heteroatoms. The molecular weight excluding hydrogens is 264 g/mol. The van der Waals surface area contributed by atoms with Gasteiger partial charge in [0.05, 0.1) is 0 Å². The first kappa shape index (κ1) is 12.8. The van der Waals surface area contributed by atoms with Crippen molar-refractivity contribution in [1.82, 2.24) is 0 Å². The highest BCUT2D eigenvalue weighted by Gasteiger charge is 2.04. The Balaban J connectivity index is 1.78. The summed E-state index contributed by atoms with van der Waals surface area (Å²) in [6.45, 7) is 0. The van der Waals surface area contributed by atoms with Gasteiger partial charge in [-0.2, -0.15) is 0 Å². The minimum absolute atomic E-state index is 1.26. The van der Waals surface area contributed by atoms with Crippen LogP contribution >= 0.6 is 0 Å². The fourth-order valence-electron chi connectivity index (χ4n) is 2.96. The van der Waals surface area contributed by atoms with Gasteiger partial charge in [0.1, 0.15) is 0 Å². The van der Waals surface area contributed by atoms with E-state index in [0.29, 0.717) is 0 Å². The molecule has 2 aromatic rings. The SMILES string of the molecule is C(=C\c1cccc2ccccc12)/c1ccc2cccccc1-2. The van der Waals surface area contributed by atoms with Crippen LogP contribution in [-0.4, -0.2) is 0 Å². The summed E-state index contributed by atoms with van der Waals surface area (Å²) in [5.41, 5.74) is 5.09. The molecule has 0 atom stereocenters.